The number of aliphatic imine (C=N–C) groups is 1. The Morgan fingerprint density at radius 2 is 1.92 bits per heavy atom. The molecule has 5 N–H and O–H groups in total. The molecule has 7 nitrogen and oxygen atoms in total. The monoisotopic (exact) mass is 379 g/mol. The van der Waals surface area contributed by atoms with E-state index in [1.807, 2.05) is 18.2 Å². The molecule has 25 heavy (non-hydrogen) atoms. The molecule has 3 rings (SSSR count). The van der Waals surface area contributed by atoms with Crippen LogP contribution >= 0.6 is 24.0 Å². The Bertz CT molecular complexity index is 1020. The van der Waals surface area contributed by atoms with Gasteiger partial charge in [0.2, 0.25) is 0 Å². The zero-order valence-corrected chi connectivity index (χ0v) is 14.5. The van der Waals surface area contributed by atoms with Gasteiger partial charge in [0.05, 0.1) is 17.6 Å². The lowest BCUT2D eigenvalue weighted by Crippen LogP contribution is -2.24. The van der Waals surface area contributed by atoms with E-state index in [-0.39, 0.29) is 29.6 Å². The number of imidazole rings is 1. The molecule has 0 aliphatic carbocycles. The summed E-state index contributed by atoms with van der Waals surface area (Å²) in [7, 11) is 0. The van der Waals surface area contributed by atoms with Crippen LogP contribution < -0.4 is 17.2 Å². The van der Waals surface area contributed by atoms with Gasteiger partial charge in [0, 0.05) is 10.6 Å². The number of nitrogens with zero attached hydrogens (tertiary/aromatic N) is 2. The van der Waals surface area contributed by atoms with Crippen LogP contribution in [-0.4, -0.2) is 21.4 Å². The van der Waals surface area contributed by atoms with E-state index in [2.05, 4.69) is 9.98 Å². The molecule has 0 atom stereocenters. The highest BCUT2D eigenvalue weighted by Crippen LogP contribution is 2.19. The molecule has 0 bridgehead atoms. The molecule has 1 aromatic heterocycles. The Morgan fingerprint density at radius 3 is 2.60 bits per heavy atom. The van der Waals surface area contributed by atoms with Crippen molar-refractivity contribution in [2.45, 2.75) is 6.54 Å². The first-order valence-corrected chi connectivity index (χ1v) is 7.43. The topological polar surface area (TPSA) is 119 Å². The van der Waals surface area contributed by atoms with Crippen molar-refractivity contribution in [2.75, 3.05) is 0 Å². The number of fused-ring (bicyclic) bond motifs is 1. The molecule has 0 aliphatic rings. The zero-order chi connectivity index (χ0) is 17.3. The van der Waals surface area contributed by atoms with E-state index < -0.39 is 5.91 Å². The first-order valence-electron chi connectivity index (χ1n) is 7.05. The predicted octanol–water partition coefficient (Wildman–Crippen LogP) is 1.87. The molecule has 0 spiro atoms. The normalized spacial score (nSPS) is 10.3. The molecule has 0 saturated heterocycles. The first kappa shape index (κ1) is 18.6. The molecule has 130 valence electrons. The molecular weight excluding hydrogens is 365 g/mol. The van der Waals surface area contributed by atoms with Crippen molar-refractivity contribution in [2.24, 2.45) is 16.5 Å². The second-order valence-corrected chi connectivity index (χ2v) is 5.59. The van der Waals surface area contributed by atoms with E-state index in [4.69, 9.17) is 23.1 Å². The lowest BCUT2D eigenvalue weighted by atomic mass is 10.2. The van der Waals surface area contributed by atoms with Crippen molar-refractivity contribution >= 4 is 46.9 Å². The maximum atomic E-state index is 12.2. The quantitative estimate of drug-likeness (QED) is 0.475. The molecule has 9 heteroatoms. The Labute approximate surface area is 153 Å². The van der Waals surface area contributed by atoms with Gasteiger partial charge in [-0.05, 0) is 29.8 Å². The van der Waals surface area contributed by atoms with Gasteiger partial charge in [0.25, 0.3) is 5.91 Å². The van der Waals surface area contributed by atoms with Crippen molar-refractivity contribution in [3.63, 3.8) is 0 Å². The van der Waals surface area contributed by atoms with Crippen molar-refractivity contribution in [1.82, 2.24) is 9.55 Å². The summed E-state index contributed by atoms with van der Waals surface area (Å²) in [6.07, 6.45) is 0. The van der Waals surface area contributed by atoms with Crippen LogP contribution in [0.15, 0.2) is 52.3 Å². The highest BCUT2D eigenvalue weighted by molar-refractivity contribution is 6.31. The largest absolute Gasteiger partial charge is 0.370 e. The van der Waals surface area contributed by atoms with Gasteiger partial charge >= 0.3 is 5.69 Å². The van der Waals surface area contributed by atoms with Crippen molar-refractivity contribution in [3.05, 3.63) is 69.1 Å². The zero-order valence-electron chi connectivity index (χ0n) is 12.9. The highest BCUT2D eigenvalue weighted by atomic mass is 35.5. The predicted molar refractivity (Wildman–Crippen MR) is 101 cm³/mol. The van der Waals surface area contributed by atoms with Crippen molar-refractivity contribution < 1.29 is 4.79 Å². The fraction of sp³-hybridized carbons (Fsp3) is 0.0625. The lowest BCUT2D eigenvalue weighted by molar-refractivity contribution is 0.100. The van der Waals surface area contributed by atoms with Crippen LogP contribution in [0.5, 0.6) is 0 Å². The molecule has 1 amide bonds. The number of aromatic nitrogens is 2. The number of carbonyl (C=O) groups is 1. The number of guanidine groups is 1. The maximum absolute atomic E-state index is 12.2. The number of nitrogens with one attached hydrogen (secondary N) is 1. The Morgan fingerprint density at radius 1 is 1.20 bits per heavy atom. The maximum Gasteiger partial charge on any atom is 0.326 e. The van der Waals surface area contributed by atoms with E-state index in [1.165, 1.54) is 6.07 Å². The van der Waals surface area contributed by atoms with Gasteiger partial charge in [-0.15, -0.1) is 12.4 Å². The summed E-state index contributed by atoms with van der Waals surface area (Å²) in [5.41, 5.74) is 12.4. The SMILES string of the molecule is Cl.NC(N)=NC(=O)c1ccc2c(c1)[nH]c(=O)n2Cc1ccccc1Cl. The number of halogens is 2. The molecule has 0 unspecified atom stereocenters. The average Bonchev–Trinajstić information content (AvgIpc) is 2.84. The van der Waals surface area contributed by atoms with Crippen LogP contribution in [-0.2, 0) is 6.54 Å². The summed E-state index contributed by atoms with van der Waals surface area (Å²) >= 11 is 6.15. The summed E-state index contributed by atoms with van der Waals surface area (Å²) in [6, 6.07) is 12.1. The van der Waals surface area contributed by atoms with Gasteiger partial charge in [-0.3, -0.25) is 9.36 Å². The highest BCUT2D eigenvalue weighted by Gasteiger charge is 2.12. The summed E-state index contributed by atoms with van der Waals surface area (Å²) in [4.78, 5) is 30.3. The number of carbonyl (C=O) groups excluding carboxylic acids is 1. The fourth-order valence-electron chi connectivity index (χ4n) is 2.43. The minimum Gasteiger partial charge on any atom is -0.370 e. The third kappa shape index (κ3) is 3.84. The fourth-order valence-corrected chi connectivity index (χ4v) is 2.63. The van der Waals surface area contributed by atoms with Gasteiger partial charge < -0.3 is 16.5 Å². The van der Waals surface area contributed by atoms with Crippen LogP contribution in [0.1, 0.15) is 15.9 Å². The third-order valence-electron chi connectivity index (χ3n) is 3.54. The minimum atomic E-state index is -0.573. The number of amides is 1. The molecule has 0 radical (unpaired) electrons. The molecule has 0 aliphatic heterocycles. The minimum absolute atomic E-state index is 0. The molecule has 3 aromatic rings. The van der Waals surface area contributed by atoms with Crippen molar-refractivity contribution in [1.29, 1.82) is 0 Å². The van der Waals surface area contributed by atoms with Crippen LogP contribution in [0, 0.1) is 0 Å². The van der Waals surface area contributed by atoms with Gasteiger partial charge in [-0.1, -0.05) is 29.8 Å². The van der Waals surface area contributed by atoms with Gasteiger partial charge in [0.1, 0.15) is 0 Å². The van der Waals surface area contributed by atoms with Crippen LogP contribution in [0.25, 0.3) is 11.0 Å². The smallest absolute Gasteiger partial charge is 0.326 e. The van der Waals surface area contributed by atoms with Gasteiger partial charge in [0.15, 0.2) is 5.96 Å². The Balaban J connectivity index is 0.00000225. The summed E-state index contributed by atoms with van der Waals surface area (Å²) in [5.74, 6) is -0.888. The second-order valence-electron chi connectivity index (χ2n) is 5.18. The molecule has 1 heterocycles. The Hall–Kier alpha value is -2.77. The van der Waals surface area contributed by atoms with Crippen LogP contribution in [0.3, 0.4) is 0 Å². The van der Waals surface area contributed by atoms with Gasteiger partial charge in [-0.2, -0.15) is 4.99 Å². The standard InChI is InChI=1S/C16H14ClN5O2.ClH/c17-11-4-2-1-3-10(11)8-22-13-6-5-9(14(23)21-15(18)19)7-12(13)20-16(22)24;/h1-7H,8H2,(H,20,24)(H4,18,19,21,23);1H. The number of hydrogen-bond acceptors (Lipinski definition) is 2. The number of H-pyrrole nitrogens is 1. The van der Waals surface area contributed by atoms with E-state index in [0.29, 0.717) is 22.6 Å². The number of aromatic amines is 1. The summed E-state index contributed by atoms with van der Waals surface area (Å²) in [6.45, 7) is 0.319. The number of rotatable bonds is 3. The summed E-state index contributed by atoms with van der Waals surface area (Å²) < 4.78 is 1.55. The summed E-state index contributed by atoms with van der Waals surface area (Å²) in [5, 5.41) is 0.582. The molecule has 0 saturated carbocycles. The number of benzene rings is 2. The van der Waals surface area contributed by atoms with Crippen molar-refractivity contribution in [3.8, 4) is 0 Å². The van der Waals surface area contributed by atoms with E-state index in [1.54, 1.807) is 22.8 Å². The second kappa shape index (κ2) is 7.42. The molecule has 0 fully saturated rings. The Kier molecular flexibility index (Phi) is 5.51. The van der Waals surface area contributed by atoms with Crippen LogP contribution in [0.4, 0.5) is 0 Å². The number of nitrogens with two attached hydrogens (primary N) is 2. The first-order chi connectivity index (χ1) is 11.5. The van der Waals surface area contributed by atoms with Crippen LogP contribution in [0.2, 0.25) is 5.02 Å². The lowest BCUT2D eigenvalue weighted by Gasteiger charge is -2.06. The average molecular weight is 380 g/mol. The van der Waals surface area contributed by atoms with E-state index in [0.717, 1.165) is 5.56 Å². The third-order valence-corrected chi connectivity index (χ3v) is 3.91. The molecular formula is C16H15Cl2N5O2. The molecule has 2 aromatic carbocycles. The van der Waals surface area contributed by atoms with Gasteiger partial charge in [-0.25, -0.2) is 4.79 Å². The van der Waals surface area contributed by atoms with E-state index in [9.17, 15) is 9.59 Å². The van der Waals surface area contributed by atoms with E-state index >= 15 is 0 Å². The number of hydrogen-bond donors (Lipinski definition) is 3.